The smallest absolute Gasteiger partial charge is 0.120 e. The Bertz CT molecular complexity index is 375. The number of nitrogens with one attached hydrogen (secondary N) is 1. The molecule has 1 N–H and O–H groups in total. The molecule has 0 aliphatic carbocycles. The van der Waals surface area contributed by atoms with Crippen LogP contribution in [0, 0.1) is 0 Å². The second-order valence-electron chi connectivity index (χ2n) is 5.19. The van der Waals surface area contributed by atoms with E-state index in [0.29, 0.717) is 6.04 Å². The van der Waals surface area contributed by atoms with Crippen molar-refractivity contribution in [2.75, 3.05) is 19.6 Å². The van der Waals surface area contributed by atoms with Crippen LogP contribution in [-0.4, -0.2) is 36.7 Å². The minimum atomic E-state index is 0.235. The predicted octanol–water partition coefficient (Wildman–Crippen LogP) is 2.27. The summed E-state index contributed by atoms with van der Waals surface area (Å²) in [5.74, 6) is 0.977. The molecule has 0 saturated carbocycles. The highest BCUT2D eigenvalue weighted by atomic mass is 16.5. The summed E-state index contributed by atoms with van der Waals surface area (Å²) >= 11 is 0. The van der Waals surface area contributed by atoms with Crippen LogP contribution < -0.4 is 10.1 Å². The maximum Gasteiger partial charge on any atom is 0.120 e. The molecule has 0 radical (unpaired) electrons. The molecular weight excluding hydrogens is 224 g/mol. The molecule has 1 aromatic carbocycles. The van der Waals surface area contributed by atoms with Gasteiger partial charge in [-0.3, -0.25) is 4.90 Å². The van der Waals surface area contributed by atoms with E-state index in [1.54, 1.807) is 0 Å². The van der Waals surface area contributed by atoms with Crippen LogP contribution >= 0.6 is 0 Å². The number of ether oxygens (including phenoxy) is 1. The van der Waals surface area contributed by atoms with Crippen molar-refractivity contribution in [1.82, 2.24) is 10.2 Å². The standard InChI is InChI=1S/C15H24N2O/c1-4-17(14-9-16-10-14)11-13-6-5-7-15(8-13)18-12(2)3/h5-8,12,14,16H,4,9-11H2,1-3H3. The molecule has 1 aliphatic rings. The van der Waals surface area contributed by atoms with Crippen molar-refractivity contribution >= 4 is 0 Å². The fourth-order valence-corrected chi connectivity index (χ4v) is 2.25. The first-order valence-corrected chi connectivity index (χ1v) is 6.89. The lowest BCUT2D eigenvalue weighted by Gasteiger charge is -2.37. The van der Waals surface area contributed by atoms with Crippen LogP contribution in [0.15, 0.2) is 24.3 Å². The SMILES string of the molecule is CCN(Cc1cccc(OC(C)C)c1)C1CNC1. The number of hydrogen-bond donors (Lipinski definition) is 1. The molecule has 1 aliphatic heterocycles. The number of rotatable bonds is 6. The van der Waals surface area contributed by atoms with Gasteiger partial charge < -0.3 is 10.1 Å². The van der Waals surface area contributed by atoms with Crippen LogP contribution in [0.4, 0.5) is 0 Å². The number of hydrogen-bond acceptors (Lipinski definition) is 3. The van der Waals surface area contributed by atoms with E-state index in [-0.39, 0.29) is 6.10 Å². The van der Waals surface area contributed by atoms with Crippen molar-refractivity contribution in [2.24, 2.45) is 0 Å². The molecule has 18 heavy (non-hydrogen) atoms. The largest absolute Gasteiger partial charge is 0.491 e. The molecule has 0 atom stereocenters. The minimum absolute atomic E-state index is 0.235. The van der Waals surface area contributed by atoms with Gasteiger partial charge in [0, 0.05) is 25.7 Å². The van der Waals surface area contributed by atoms with E-state index in [4.69, 9.17) is 4.74 Å². The van der Waals surface area contributed by atoms with E-state index in [0.717, 1.165) is 31.9 Å². The van der Waals surface area contributed by atoms with Gasteiger partial charge in [0.25, 0.3) is 0 Å². The predicted molar refractivity (Wildman–Crippen MR) is 74.9 cm³/mol. The molecule has 0 bridgehead atoms. The van der Waals surface area contributed by atoms with Crippen molar-refractivity contribution in [3.8, 4) is 5.75 Å². The number of likely N-dealkylation sites (N-methyl/N-ethyl adjacent to an activating group) is 1. The van der Waals surface area contributed by atoms with Gasteiger partial charge in [0.2, 0.25) is 0 Å². The Morgan fingerprint density at radius 3 is 2.72 bits per heavy atom. The van der Waals surface area contributed by atoms with Gasteiger partial charge >= 0.3 is 0 Å². The van der Waals surface area contributed by atoms with E-state index in [1.807, 2.05) is 6.07 Å². The summed E-state index contributed by atoms with van der Waals surface area (Å²) in [5, 5.41) is 3.33. The molecule has 0 amide bonds. The highest BCUT2D eigenvalue weighted by Gasteiger charge is 2.23. The second-order valence-corrected chi connectivity index (χ2v) is 5.19. The van der Waals surface area contributed by atoms with E-state index >= 15 is 0 Å². The molecule has 1 aromatic rings. The Balaban J connectivity index is 1.98. The molecule has 3 nitrogen and oxygen atoms in total. The average Bonchev–Trinajstić information content (AvgIpc) is 2.25. The highest BCUT2D eigenvalue weighted by Crippen LogP contribution is 2.18. The Kier molecular flexibility index (Phi) is 4.61. The molecule has 0 unspecified atom stereocenters. The summed E-state index contributed by atoms with van der Waals surface area (Å²) in [7, 11) is 0. The lowest BCUT2D eigenvalue weighted by atomic mass is 10.1. The molecule has 0 aromatic heterocycles. The number of benzene rings is 1. The zero-order valence-corrected chi connectivity index (χ0v) is 11.6. The van der Waals surface area contributed by atoms with Crippen molar-refractivity contribution in [3.05, 3.63) is 29.8 Å². The van der Waals surface area contributed by atoms with Gasteiger partial charge in [0.1, 0.15) is 5.75 Å². The summed E-state index contributed by atoms with van der Waals surface area (Å²) in [6.45, 7) is 10.7. The van der Waals surface area contributed by atoms with Crippen LogP contribution in [0.2, 0.25) is 0 Å². The zero-order valence-electron chi connectivity index (χ0n) is 11.6. The van der Waals surface area contributed by atoms with E-state index in [1.165, 1.54) is 5.56 Å². The molecule has 1 heterocycles. The molecular formula is C15H24N2O. The molecule has 2 rings (SSSR count). The van der Waals surface area contributed by atoms with E-state index in [9.17, 15) is 0 Å². The van der Waals surface area contributed by atoms with Crippen LogP contribution in [0.1, 0.15) is 26.3 Å². The third-order valence-electron chi connectivity index (χ3n) is 3.34. The fourth-order valence-electron chi connectivity index (χ4n) is 2.25. The first-order valence-electron chi connectivity index (χ1n) is 6.89. The van der Waals surface area contributed by atoms with Gasteiger partial charge in [0.15, 0.2) is 0 Å². The maximum atomic E-state index is 5.74. The van der Waals surface area contributed by atoms with Crippen molar-refractivity contribution in [2.45, 2.75) is 39.5 Å². The molecule has 1 saturated heterocycles. The van der Waals surface area contributed by atoms with Crippen molar-refractivity contribution < 1.29 is 4.74 Å². The minimum Gasteiger partial charge on any atom is -0.491 e. The lowest BCUT2D eigenvalue weighted by molar-refractivity contribution is 0.145. The van der Waals surface area contributed by atoms with Crippen LogP contribution in [0.25, 0.3) is 0 Å². The first-order chi connectivity index (χ1) is 8.69. The van der Waals surface area contributed by atoms with Gasteiger partial charge in [-0.05, 0) is 38.1 Å². The Hall–Kier alpha value is -1.06. The fraction of sp³-hybridized carbons (Fsp3) is 0.600. The van der Waals surface area contributed by atoms with E-state index in [2.05, 4.69) is 49.2 Å². The molecule has 0 spiro atoms. The van der Waals surface area contributed by atoms with Gasteiger partial charge in [-0.15, -0.1) is 0 Å². The van der Waals surface area contributed by atoms with Crippen LogP contribution in [0.3, 0.4) is 0 Å². The third-order valence-corrected chi connectivity index (χ3v) is 3.34. The first kappa shape index (κ1) is 13.4. The summed E-state index contributed by atoms with van der Waals surface area (Å²) in [5.41, 5.74) is 1.34. The molecule has 100 valence electrons. The Labute approximate surface area is 110 Å². The monoisotopic (exact) mass is 248 g/mol. The lowest BCUT2D eigenvalue weighted by Crippen LogP contribution is -2.56. The molecule has 3 heteroatoms. The highest BCUT2D eigenvalue weighted by molar-refractivity contribution is 5.28. The summed E-state index contributed by atoms with van der Waals surface area (Å²) in [4.78, 5) is 2.52. The third kappa shape index (κ3) is 3.47. The quantitative estimate of drug-likeness (QED) is 0.836. The van der Waals surface area contributed by atoms with Gasteiger partial charge in [-0.2, -0.15) is 0 Å². The van der Waals surface area contributed by atoms with Crippen LogP contribution in [0.5, 0.6) is 5.75 Å². The van der Waals surface area contributed by atoms with E-state index < -0.39 is 0 Å². The normalized spacial score (nSPS) is 16.1. The summed E-state index contributed by atoms with van der Waals surface area (Å²) < 4.78 is 5.74. The molecule has 1 fully saturated rings. The van der Waals surface area contributed by atoms with Gasteiger partial charge in [-0.1, -0.05) is 19.1 Å². The maximum absolute atomic E-state index is 5.74. The topological polar surface area (TPSA) is 24.5 Å². The van der Waals surface area contributed by atoms with Gasteiger partial charge in [-0.25, -0.2) is 0 Å². The van der Waals surface area contributed by atoms with Crippen LogP contribution in [-0.2, 0) is 6.54 Å². The number of nitrogens with zero attached hydrogens (tertiary/aromatic N) is 1. The van der Waals surface area contributed by atoms with Crippen molar-refractivity contribution in [3.63, 3.8) is 0 Å². The summed E-state index contributed by atoms with van der Waals surface area (Å²) in [6, 6.07) is 9.16. The summed E-state index contributed by atoms with van der Waals surface area (Å²) in [6.07, 6.45) is 0.235. The zero-order chi connectivity index (χ0) is 13.0. The van der Waals surface area contributed by atoms with Crippen molar-refractivity contribution in [1.29, 1.82) is 0 Å². The Morgan fingerprint density at radius 2 is 2.17 bits per heavy atom. The average molecular weight is 248 g/mol. The second kappa shape index (κ2) is 6.21. The van der Waals surface area contributed by atoms with Gasteiger partial charge in [0.05, 0.1) is 6.10 Å². The Morgan fingerprint density at radius 1 is 1.39 bits per heavy atom.